The van der Waals surface area contributed by atoms with Gasteiger partial charge in [-0.1, -0.05) is 43.3 Å². The summed E-state index contributed by atoms with van der Waals surface area (Å²) in [6, 6.07) is 16.5. The first-order valence-corrected chi connectivity index (χ1v) is 13.1. The number of allylic oxidation sites excluding steroid dienone is 1. The van der Waals surface area contributed by atoms with Crippen molar-refractivity contribution in [2.24, 2.45) is 5.92 Å². The SMILES string of the molecule is CC/C=C(/OC)C(NC(=O)OC(C)(C)C)C1CCN(c2nccc(-c3ccc4ccccc4c3)n2)CC1. The highest BCUT2D eigenvalue weighted by Gasteiger charge is 2.33. The van der Waals surface area contributed by atoms with Crippen molar-refractivity contribution in [3.8, 4) is 11.3 Å². The number of hydrogen-bond donors (Lipinski definition) is 1. The zero-order valence-corrected chi connectivity index (χ0v) is 22.5. The minimum atomic E-state index is -0.562. The molecule has 1 N–H and O–H groups in total. The van der Waals surface area contributed by atoms with Crippen LogP contribution in [-0.2, 0) is 9.47 Å². The number of benzene rings is 2. The van der Waals surface area contributed by atoms with Crippen molar-refractivity contribution in [3.05, 3.63) is 66.6 Å². The Balaban J connectivity index is 1.47. The zero-order chi connectivity index (χ0) is 26.4. The van der Waals surface area contributed by atoms with E-state index in [9.17, 15) is 4.79 Å². The lowest BCUT2D eigenvalue weighted by molar-refractivity contribution is 0.0469. The van der Waals surface area contributed by atoms with E-state index in [4.69, 9.17) is 14.5 Å². The summed E-state index contributed by atoms with van der Waals surface area (Å²) in [6.45, 7) is 9.25. The lowest BCUT2D eigenvalue weighted by Crippen LogP contribution is -2.48. The first-order chi connectivity index (χ1) is 17.8. The topological polar surface area (TPSA) is 76.6 Å². The van der Waals surface area contributed by atoms with Crippen molar-refractivity contribution in [1.82, 2.24) is 15.3 Å². The number of aromatic nitrogens is 2. The van der Waals surface area contributed by atoms with Gasteiger partial charge in [0.15, 0.2) is 0 Å². The molecule has 1 atom stereocenters. The van der Waals surface area contributed by atoms with Crippen LogP contribution in [0.15, 0.2) is 66.6 Å². The maximum Gasteiger partial charge on any atom is 0.408 e. The number of fused-ring (bicyclic) bond motifs is 1. The van der Waals surface area contributed by atoms with Crippen molar-refractivity contribution < 1.29 is 14.3 Å². The van der Waals surface area contributed by atoms with Gasteiger partial charge < -0.3 is 19.7 Å². The maximum atomic E-state index is 12.6. The Morgan fingerprint density at radius 1 is 1.14 bits per heavy atom. The Bertz CT molecular complexity index is 1240. The van der Waals surface area contributed by atoms with Gasteiger partial charge in [-0.2, -0.15) is 0 Å². The second kappa shape index (κ2) is 11.6. The van der Waals surface area contributed by atoms with Gasteiger partial charge in [-0.25, -0.2) is 14.8 Å². The van der Waals surface area contributed by atoms with Gasteiger partial charge in [0.05, 0.1) is 18.8 Å². The number of hydrogen-bond acceptors (Lipinski definition) is 6. The van der Waals surface area contributed by atoms with Crippen molar-refractivity contribution in [2.45, 2.75) is 58.6 Å². The number of anilines is 1. The normalized spacial score (nSPS) is 15.9. The minimum absolute atomic E-state index is 0.213. The number of carbonyl (C=O) groups is 1. The Morgan fingerprint density at radius 2 is 1.86 bits per heavy atom. The number of carbonyl (C=O) groups excluding carboxylic acids is 1. The lowest BCUT2D eigenvalue weighted by Gasteiger charge is -2.37. The quantitative estimate of drug-likeness (QED) is 0.380. The number of ether oxygens (including phenoxy) is 2. The van der Waals surface area contributed by atoms with E-state index in [0.29, 0.717) is 0 Å². The van der Waals surface area contributed by atoms with E-state index in [-0.39, 0.29) is 12.0 Å². The van der Waals surface area contributed by atoms with Gasteiger partial charge >= 0.3 is 6.09 Å². The van der Waals surface area contributed by atoms with Crippen LogP contribution < -0.4 is 10.2 Å². The molecule has 1 unspecified atom stereocenters. The zero-order valence-electron chi connectivity index (χ0n) is 22.5. The summed E-state index contributed by atoms with van der Waals surface area (Å²) < 4.78 is 11.2. The molecule has 0 bridgehead atoms. The predicted octanol–water partition coefficient (Wildman–Crippen LogP) is 6.35. The number of alkyl carbamates (subject to hydrolysis) is 1. The van der Waals surface area contributed by atoms with Gasteiger partial charge in [-0.15, -0.1) is 0 Å². The molecule has 4 rings (SSSR count). The summed E-state index contributed by atoms with van der Waals surface area (Å²) >= 11 is 0. The highest BCUT2D eigenvalue weighted by molar-refractivity contribution is 5.86. The van der Waals surface area contributed by atoms with Gasteiger partial charge in [-0.3, -0.25) is 0 Å². The van der Waals surface area contributed by atoms with Crippen LogP contribution in [0.5, 0.6) is 0 Å². The molecule has 0 aliphatic carbocycles. The molecule has 2 aromatic carbocycles. The van der Waals surface area contributed by atoms with E-state index in [1.54, 1.807) is 7.11 Å². The maximum absolute atomic E-state index is 12.6. The summed E-state index contributed by atoms with van der Waals surface area (Å²) in [7, 11) is 1.66. The van der Waals surface area contributed by atoms with Crippen LogP contribution in [0.2, 0.25) is 0 Å². The molecule has 1 aliphatic rings. The van der Waals surface area contributed by atoms with E-state index in [2.05, 4.69) is 64.6 Å². The highest BCUT2D eigenvalue weighted by Crippen LogP contribution is 2.29. The molecule has 7 nitrogen and oxygen atoms in total. The first-order valence-electron chi connectivity index (χ1n) is 13.1. The van der Waals surface area contributed by atoms with Gasteiger partial charge in [0.2, 0.25) is 5.95 Å². The average Bonchev–Trinajstić information content (AvgIpc) is 2.89. The third kappa shape index (κ3) is 6.79. The Kier molecular flexibility index (Phi) is 8.31. The molecule has 37 heavy (non-hydrogen) atoms. The molecule has 196 valence electrons. The summed E-state index contributed by atoms with van der Waals surface area (Å²) in [6.07, 6.45) is 6.00. The Labute approximate surface area is 219 Å². The lowest BCUT2D eigenvalue weighted by atomic mass is 9.88. The van der Waals surface area contributed by atoms with E-state index in [1.807, 2.05) is 39.1 Å². The number of nitrogens with one attached hydrogen (secondary N) is 1. The molecular formula is C30H38N4O3. The number of piperidine rings is 1. The van der Waals surface area contributed by atoms with E-state index >= 15 is 0 Å². The van der Waals surface area contributed by atoms with Crippen LogP contribution in [0.25, 0.3) is 22.0 Å². The standard InChI is InChI=1S/C30H38N4O3/c1-6-9-26(36-5)27(33-29(35)37-30(2,3)4)22-15-18-34(19-16-22)28-31-17-14-25(32-28)24-13-12-21-10-7-8-11-23(21)20-24/h7-14,17,20,22,27H,6,15-16,18-19H2,1-5H3,(H,33,35)/b26-9+. The van der Waals surface area contributed by atoms with Gasteiger partial charge in [0.1, 0.15) is 11.4 Å². The average molecular weight is 503 g/mol. The molecule has 0 spiro atoms. The molecule has 7 heteroatoms. The number of rotatable bonds is 7. The second-order valence-electron chi connectivity index (χ2n) is 10.5. The van der Waals surface area contributed by atoms with Crippen molar-refractivity contribution >= 4 is 22.8 Å². The van der Waals surface area contributed by atoms with Gasteiger partial charge in [0.25, 0.3) is 0 Å². The highest BCUT2D eigenvalue weighted by atomic mass is 16.6. The molecule has 2 heterocycles. The summed E-state index contributed by atoms with van der Waals surface area (Å²) in [5.41, 5.74) is 1.43. The van der Waals surface area contributed by atoms with E-state index in [0.717, 1.165) is 55.3 Å². The van der Waals surface area contributed by atoms with E-state index in [1.165, 1.54) is 10.8 Å². The smallest absolute Gasteiger partial charge is 0.408 e. The number of amides is 1. The van der Waals surface area contributed by atoms with Crippen LogP contribution in [0.3, 0.4) is 0 Å². The Morgan fingerprint density at radius 3 is 2.54 bits per heavy atom. The number of methoxy groups -OCH3 is 1. The van der Waals surface area contributed by atoms with Crippen LogP contribution in [0.1, 0.15) is 47.0 Å². The molecular weight excluding hydrogens is 464 g/mol. The molecule has 1 saturated heterocycles. The predicted molar refractivity (Wildman–Crippen MR) is 148 cm³/mol. The molecule has 1 aromatic heterocycles. The third-order valence-electron chi connectivity index (χ3n) is 6.60. The minimum Gasteiger partial charge on any atom is -0.499 e. The molecule has 0 radical (unpaired) electrons. The van der Waals surface area contributed by atoms with Crippen molar-refractivity contribution in [3.63, 3.8) is 0 Å². The van der Waals surface area contributed by atoms with Gasteiger partial charge in [0, 0.05) is 24.8 Å². The Hall–Kier alpha value is -3.61. The van der Waals surface area contributed by atoms with E-state index < -0.39 is 11.7 Å². The fraction of sp³-hybridized carbons (Fsp3) is 0.433. The number of nitrogens with zero attached hydrogens (tertiary/aromatic N) is 3. The molecule has 1 fully saturated rings. The monoisotopic (exact) mass is 502 g/mol. The third-order valence-corrected chi connectivity index (χ3v) is 6.60. The molecule has 0 saturated carbocycles. The van der Waals surface area contributed by atoms with Crippen LogP contribution >= 0.6 is 0 Å². The molecule has 1 amide bonds. The summed E-state index contributed by atoms with van der Waals surface area (Å²) in [5, 5.41) is 5.48. The van der Waals surface area contributed by atoms with Crippen LogP contribution in [-0.4, -0.2) is 47.9 Å². The summed E-state index contributed by atoms with van der Waals surface area (Å²) in [4.78, 5) is 24.3. The summed E-state index contributed by atoms with van der Waals surface area (Å²) in [5.74, 6) is 1.73. The first kappa shape index (κ1) is 26.5. The van der Waals surface area contributed by atoms with Crippen molar-refractivity contribution in [2.75, 3.05) is 25.1 Å². The fourth-order valence-corrected chi connectivity index (χ4v) is 4.84. The van der Waals surface area contributed by atoms with Crippen molar-refractivity contribution in [1.29, 1.82) is 0 Å². The molecule has 1 aliphatic heterocycles. The largest absolute Gasteiger partial charge is 0.499 e. The molecule has 3 aromatic rings. The second-order valence-corrected chi connectivity index (χ2v) is 10.5. The fourth-order valence-electron chi connectivity index (χ4n) is 4.84. The van der Waals surface area contributed by atoms with Crippen LogP contribution in [0, 0.1) is 5.92 Å². The van der Waals surface area contributed by atoms with Crippen LogP contribution in [0.4, 0.5) is 10.7 Å². The van der Waals surface area contributed by atoms with Gasteiger partial charge in [-0.05, 0) is 74.9 Å².